The van der Waals surface area contributed by atoms with Crippen molar-refractivity contribution in [1.82, 2.24) is 20.0 Å². The topological polar surface area (TPSA) is 114 Å². The molecular weight excluding hydrogens is 540 g/mol. The average Bonchev–Trinajstić information content (AvgIpc) is 3.42. The number of thiazole rings is 1. The van der Waals surface area contributed by atoms with Crippen LogP contribution in [0.15, 0.2) is 34.7 Å². The molecule has 0 saturated heterocycles. The first-order chi connectivity index (χ1) is 16.0. The second-order valence-corrected chi connectivity index (χ2v) is 9.93. The van der Waals surface area contributed by atoms with Gasteiger partial charge in [0.2, 0.25) is 0 Å². The van der Waals surface area contributed by atoms with Crippen molar-refractivity contribution in [3.05, 3.63) is 45.5 Å². The number of benzene rings is 1. The highest BCUT2D eigenvalue weighted by Gasteiger charge is 2.34. The number of thioether (sulfide) groups is 1. The van der Waals surface area contributed by atoms with Crippen molar-refractivity contribution in [1.29, 1.82) is 0 Å². The molecule has 0 aliphatic rings. The van der Waals surface area contributed by atoms with Crippen molar-refractivity contribution in [2.24, 2.45) is 0 Å². The highest BCUT2D eigenvalue weighted by molar-refractivity contribution is 7.99. The molecule has 3 N–H and O–H groups in total. The zero-order valence-electron chi connectivity index (χ0n) is 17.4. The van der Waals surface area contributed by atoms with Gasteiger partial charge in [-0.2, -0.15) is 13.2 Å². The minimum absolute atomic E-state index is 0.0282. The third-order valence-corrected chi connectivity index (χ3v) is 7.20. The minimum Gasteiger partial charge on any atom is -0.394 e. The molecule has 34 heavy (non-hydrogen) atoms. The van der Waals surface area contributed by atoms with Crippen LogP contribution in [0.4, 0.5) is 13.2 Å². The molecule has 0 aliphatic heterocycles. The van der Waals surface area contributed by atoms with Gasteiger partial charge in [0.05, 0.1) is 35.5 Å². The second-order valence-electron chi connectivity index (χ2n) is 7.09. The van der Waals surface area contributed by atoms with E-state index in [0.717, 1.165) is 28.5 Å². The number of hydrogen-bond donors (Lipinski definition) is 3. The van der Waals surface area contributed by atoms with E-state index in [-0.39, 0.29) is 22.3 Å². The number of aliphatic hydroxyl groups is 3. The molecule has 0 aliphatic carbocycles. The summed E-state index contributed by atoms with van der Waals surface area (Å²) in [5.74, 6) is 0. The number of nitrogens with zero attached hydrogens (tertiary/aromatic N) is 4. The lowest BCUT2D eigenvalue weighted by atomic mass is 10.2. The Morgan fingerprint density at radius 3 is 2.56 bits per heavy atom. The molecule has 2 unspecified atom stereocenters. The van der Waals surface area contributed by atoms with Gasteiger partial charge in [0.15, 0.2) is 5.69 Å². The summed E-state index contributed by atoms with van der Waals surface area (Å²) in [5.41, 5.74) is -1.91. The van der Waals surface area contributed by atoms with Crippen LogP contribution in [0.25, 0.3) is 10.7 Å². The van der Waals surface area contributed by atoms with E-state index in [9.17, 15) is 28.5 Å². The lowest BCUT2D eigenvalue weighted by Crippen LogP contribution is -2.39. The van der Waals surface area contributed by atoms with Gasteiger partial charge in [-0.3, -0.25) is 0 Å². The van der Waals surface area contributed by atoms with E-state index in [2.05, 4.69) is 15.3 Å². The maximum absolute atomic E-state index is 12.8. The molecule has 8 nitrogen and oxygen atoms in total. The molecule has 1 aromatic carbocycles. The number of ether oxygens (including phenoxy) is 1. The number of alkyl halides is 3. The smallest absolute Gasteiger partial charge is 0.394 e. The highest BCUT2D eigenvalue weighted by atomic mass is 35.5. The number of hydrogen-bond acceptors (Lipinski definition) is 9. The first-order valence-corrected chi connectivity index (χ1v) is 12.2. The van der Waals surface area contributed by atoms with Gasteiger partial charge >= 0.3 is 6.18 Å². The molecule has 2 heterocycles. The van der Waals surface area contributed by atoms with Crippen molar-refractivity contribution in [3.63, 3.8) is 0 Å². The number of halogens is 5. The number of aromatic nitrogens is 4. The van der Waals surface area contributed by atoms with Crippen LogP contribution in [0.1, 0.15) is 12.6 Å². The monoisotopic (exact) mass is 558 g/mol. The zero-order valence-corrected chi connectivity index (χ0v) is 20.5. The lowest BCUT2D eigenvalue weighted by molar-refractivity contribution is -0.140. The zero-order chi connectivity index (χ0) is 25.0. The molecular formula is C19H19Cl2F3N4O4S2. The molecule has 4 atom stereocenters. The molecule has 0 radical (unpaired) electrons. The fraction of sp³-hybridized carbons (Fsp3) is 0.421. The van der Waals surface area contributed by atoms with E-state index in [4.69, 9.17) is 27.9 Å². The Labute approximate surface area is 210 Å². The fourth-order valence-corrected chi connectivity index (χ4v) is 4.83. The van der Waals surface area contributed by atoms with Gasteiger partial charge in [-0.05, 0) is 25.1 Å². The van der Waals surface area contributed by atoms with Gasteiger partial charge in [-0.1, -0.05) is 40.2 Å². The van der Waals surface area contributed by atoms with E-state index in [0.29, 0.717) is 9.92 Å². The van der Waals surface area contributed by atoms with Crippen molar-refractivity contribution in [2.45, 2.75) is 48.3 Å². The third kappa shape index (κ3) is 7.04. The summed E-state index contributed by atoms with van der Waals surface area (Å²) in [4.78, 5) is 4.13. The molecule has 186 valence electrons. The van der Waals surface area contributed by atoms with Crippen LogP contribution in [-0.2, 0) is 17.5 Å². The van der Waals surface area contributed by atoms with E-state index in [1.54, 1.807) is 18.2 Å². The summed E-state index contributed by atoms with van der Waals surface area (Å²) in [6, 6.07) is 4.80. The lowest BCUT2D eigenvalue weighted by Gasteiger charge is -2.28. The number of rotatable bonds is 10. The number of aliphatic hydroxyl groups excluding tert-OH is 3. The first kappa shape index (κ1) is 27.1. The molecule has 15 heteroatoms. The maximum atomic E-state index is 12.8. The Kier molecular flexibility index (Phi) is 9.20. The van der Waals surface area contributed by atoms with Gasteiger partial charge in [0, 0.05) is 10.3 Å². The second kappa shape index (κ2) is 11.5. The van der Waals surface area contributed by atoms with E-state index in [1.807, 2.05) is 0 Å². The minimum atomic E-state index is -4.57. The quantitative estimate of drug-likeness (QED) is 0.253. The molecule has 0 bridgehead atoms. The summed E-state index contributed by atoms with van der Waals surface area (Å²) in [6.45, 7) is 0.782. The van der Waals surface area contributed by atoms with Crippen LogP contribution < -0.4 is 0 Å². The predicted octanol–water partition coefficient (Wildman–Crippen LogP) is 3.96. The van der Waals surface area contributed by atoms with Crippen LogP contribution >= 0.6 is 46.3 Å². The summed E-state index contributed by atoms with van der Waals surface area (Å²) in [7, 11) is 0. The average molecular weight is 559 g/mol. The molecule has 0 amide bonds. The molecule has 0 saturated carbocycles. The van der Waals surface area contributed by atoms with E-state index in [1.165, 1.54) is 17.8 Å². The van der Waals surface area contributed by atoms with Gasteiger partial charge in [-0.15, -0.1) is 16.4 Å². The standard InChI is InChI=1S/C19H19Cl2F3N4O4S2/c1-9(30)15(7-29)32-18(34-10-2-3-11(20)12(21)4-10)14(31)6-28-5-13(26-27-28)17-25-16(8-33-17)19(22,23)24/h2-5,8-9,14-15,18,29-31H,6-7H2,1H3/t9-,14+,15?,18?/m1/s1. The fourth-order valence-electron chi connectivity index (χ4n) is 2.65. The van der Waals surface area contributed by atoms with Crippen molar-refractivity contribution in [3.8, 4) is 10.7 Å². The Balaban J connectivity index is 1.77. The normalized spacial score (nSPS) is 15.8. The van der Waals surface area contributed by atoms with Crippen LogP contribution in [-0.4, -0.2) is 65.7 Å². The van der Waals surface area contributed by atoms with Crippen LogP contribution in [0.2, 0.25) is 10.0 Å². The first-order valence-electron chi connectivity index (χ1n) is 9.65. The summed E-state index contributed by atoms with van der Waals surface area (Å²) in [5, 5.41) is 39.4. The van der Waals surface area contributed by atoms with Crippen LogP contribution in [0, 0.1) is 0 Å². The summed E-state index contributed by atoms with van der Waals surface area (Å²) < 4.78 is 45.4. The van der Waals surface area contributed by atoms with Gasteiger partial charge in [0.1, 0.15) is 28.3 Å². The van der Waals surface area contributed by atoms with Crippen molar-refractivity contribution >= 4 is 46.3 Å². The molecule has 3 aromatic rings. The largest absolute Gasteiger partial charge is 0.434 e. The summed E-state index contributed by atoms with van der Waals surface area (Å²) in [6.07, 6.45) is -6.47. The van der Waals surface area contributed by atoms with Crippen molar-refractivity contribution in [2.75, 3.05) is 6.61 Å². The third-order valence-electron chi connectivity index (χ3n) is 4.41. The Bertz CT molecular complexity index is 1100. The molecule has 3 rings (SSSR count). The Hall–Kier alpha value is -1.45. The predicted molar refractivity (Wildman–Crippen MR) is 122 cm³/mol. The molecule has 0 spiro atoms. The van der Waals surface area contributed by atoms with Crippen LogP contribution in [0.5, 0.6) is 0 Å². The Morgan fingerprint density at radius 1 is 1.24 bits per heavy atom. The van der Waals surface area contributed by atoms with E-state index < -0.39 is 42.2 Å². The molecule has 2 aromatic heterocycles. The van der Waals surface area contributed by atoms with E-state index >= 15 is 0 Å². The molecule has 0 fully saturated rings. The van der Waals surface area contributed by atoms with Crippen molar-refractivity contribution < 1.29 is 33.2 Å². The van der Waals surface area contributed by atoms with Gasteiger partial charge < -0.3 is 20.1 Å². The highest BCUT2D eigenvalue weighted by Crippen LogP contribution is 2.34. The maximum Gasteiger partial charge on any atom is 0.434 e. The Morgan fingerprint density at radius 2 is 1.97 bits per heavy atom. The van der Waals surface area contributed by atoms with Gasteiger partial charge in [0.25, 0.3) is 0 Å². The van der Waals surface area contributed by atoms with Gasteiger partial charge in [-0.25, -0.2) is 9.67 Å². The van der Waals surface area contributed by atoms with Crippen LogP contribution in [0.3, 0.4) is 0 Å². The summed E-state index contributed by atoms with van der Waals surface area (Å²) >= 11 is 13.8. The SMILES string of the molecule is C[C@@H](O)C(CO)OC(Sc1ccc(Cl)c(Cl)c1)[C@@H](O)Cn1cc(-c2nc(C(F)(F)F)cs2)nn1.